The van der Waals surface area contributed by atoms with Gasteiger partial charge in [-0.25, -0.2) is 0 Å². The van der Waals surface area contributed by atoms with Crippen molar-refractivity contribution in [2.75, 3.05) is 11.9 Å². The molecule has 0 heterocycles. The number of esters is 1. The van der Waals surface area contributed by atoms with Crippen LogP contribution in [-0.2, 0) is 14.3 Å². The van der Waals surface area contributed by atoms with Crippen LogP contribution >= 0.6 is 0 Å². The molecule has 9 nitrogen and oxygen atoms in total. The lowest BCUT2D eigenvalue weighted by molar-refractivity contribution is -0.383. The lowest BCUT2D eigenvalue weighted by Gasteiger charge is -2.13. The number of nitrogens with zero attached hydrogens (tertiary/aromatic N) is 1. The van der Waals surface area contributed by atoms with Crippen molar-refractivity contribution in [2.45, 2.75) is 32.8 Å². The Balaban J connectivity index is 1.84. The van der Waals surface area contributed by atoms with E-state index in [2.05, 4.69) is 5.32 Å². The number of hydrogen-bond donors (Lipinski definition) is 1. The normalized spacial score (nSPS) is 11.3. The Hall–Kier alpha value is -3.75. The summed E-state index contributed by atoms with van der Waals surface area (Å²) < 4.78 is 10.3. The van der Waals surface area contributed by atoms with E-state index >= 15 is 0 Å². The maximum absolute atomic E-state index is 12.2. The van der Waals surface area contributed by atoms with Gasteiger partial charge in [0.05, 0.1) is 18.0 Å². The highest BCUT2D eigenvalue weighted by molar-refractivity contribution is 5.99. The number of hydrogen-bond acceptors (Lipinski definition) is 7. The number of para-hydroxylation sites is 2. The second-order valence-corrected chi connectivity index (χ2v) is 6.28. The van der Waals surface area contributed by atoms with Gasteiger partial charge < -0.3 is 14.8 Å². The summed E-state index contributed by atoms with van der Waals surface area (Å²) in [7, 11) is 0. The molecule has 0 aromatic heterocycles. The molecule has 0 bridgehead atoms. The molecular formula is C21H22N2O7. The fourth-order valence-corrected chi connectivity index (χ4v) is 2.55. The zero-order chi connectivity index (χ0) is 22.1. The molecule has 0 aliphatic carbocycles. The van der Waals surface area contributed by atoms with Gasteiger partial charge in [-0.2, -0.15) is 0 Å². The molecule has 2 rings (SSSR count). The third-order valence-corrected chi connectivity index (χ3v) is 4.08. The van der Waals surface area contributed by atoms with Crippen LogP contribution in [0.4, 0.5) is 11.4 Å². The van der Waals surface area contributed by atoms with E-state index in [1.807, 2.05) is 6.92 Å². The maximum atomic E-state index is 12.2. The van der Waals surface area contributed by atoms with Crippen LogP contribution in [0, 0.1) is 10.1 Å². The Morgan fingerprint density at radius 1 is 1.07 bits per heavy atom. The Morgan fingerprint density at radius 3 is 2.37 bits per heavy atom. The van der Waals surface area contributed by atoms with Crippen molar-refractivity contribution in [2.24, 2.45) is 0 Å². The minimum absolute atomic E-state index is 0.000997. The molecule has 2 aromatic rings. The summed E-state index contributed by atoms with van der Waals surface area (Å²) >= 11 is 0. The smallest absolute Gasteiger partial charge is 0.307 e. The third-order valence-electron chi connectivity index (χ3n) is 4.08. The number of rotatable bonds is 10. The molecule has 158 valence electrons. The lowest BCUT2D eigenvalue weighted by atomic mass is 10.1. The van der Waals surface area contributed by atoms with Crippen LogP contribution in [0.15, 0.2) is 48.5 Å². The fourth-order valence-electron chi connectivity index (χ4n) is 2.55. The summed E-state index contributed by atoms with van der Waals surface area (Å²) in [5.41, 5.74) is 0.167. The number of anilines is 1. The molecule has 0 spiro atoms. The van der Waals surface area contributed by atoms with Crippen molar-refractivity contribution >= 4 is 29.0 Å². The van der Waals surface area contributed by atoms with E-state index in [4.69, 9.17) is 9.47 Å². The summed E-state index contributed by atoms with van der Waals surface area (Å²) in [5.74, 6) is -1.03. The monoisotopic (exact) mass is 414 g/mol. The second kappa shape index (κ2) is 10.7. The quantitative estimate of drug-likeness (QED) is 0.273. The van der Waals surface area contributed by atoms with Crippen molar-refractivity contribution in [1.82, 2.24) is 0 Å². The Labute approximate surface area is 173 Å². The van der Waals surface area contributed by atoms with E-state index < -0.39 is 22.9 Å². The molecule has 9 heteroatoms. The minimum atomic E-state index is -1.18. The number of nitro groups is 1. The van der Waals surface area contributed by atoms with Gasteiger partial charge in [-0.3, -0.25) is 24.5 Å². The Bertz CT molecular complexity index is 925. The summed E-state index contributed by atoms with van der Waals surface area (Å²) in [4.78, 5) is 46.7. The predicted molar refractivity (Wildman–Crippen MR) is 108 cm³/mol. The van der Waals surface area contributed by atoms with Crippen LogP contribution in [-0.4, -0.2) is 35.3 Å². The average Bonchev–Trinajstić information content (AvgIpc) is 2.73. The first-order valence-corrected chi connectivity index (χ1v) is 9.31. The van der Waals surface area contributed by atoms with Crippen LogP contribution in [0.3, 0.4) is 0 Å². The first-order chi connectivity index (χ1) is 14.3. The molecule has 1 amide bonds. The first kappa shape index (κ1) is 22.5. The minimum Gasteiger partial charge on any atom is -0.494 e. The van der Waals surface area contributed by atoms with Gasteiger partial charge in [0.15, 0.2) is 11.9 Å². The van der Waals surface area contributed by atoms with Crippen LogP contribution in [0.1, 0.15) is 37.0 Å². The van der Waals surface area contributed by atoms with E-state index in [0.717, 1.165) is 0 Å². The predicted octanol–water partition coefficient (Wildman–Crippen LogP) is 3.53. The summed E-state index contributed by atoms with van der Waals surface area (Å²) in [6.45, 7) is 3.71. The highest BCUT2D eigenvalue weighted by Gasteiger charge is 2.22. The van der Waals surface area contributed by atoms with Crippen LogP contribution in [0.25, 0.3) is 0 Å². The van der Waals surface area contributed by atoms with Crippen molar-refractivity contribution in [3.8, 4) is 5.75 Å². The molecule has 0 saturated carbocycles. The molecule has 0 radical (unpaired) electrons. The number of amides is 1. The SMILES string of the molecule is CCOc1ccc(C(=O)CCC(=O)O[C@H](C)C(=O)Nc2ccccc2[N+](=O)[O-])cc1. The highest BCUT2D eigenvalue weighted by atomic mass is 16.6. The molecule has 1 atom stereocenters. The largest absolute Gasteiger partial charge is 0.494 e. The number of benzene rings is 2. The number of ketones is 1. The molecule has 0 unspecified atom stereocenters. The molecule has 30 heavy (non-hydrogen) atoms. The fraction of sp³-hybridized carbons (Fsp3) is 0.286. The average molecular weight is 414 g/mol. The molecule has 1 N–H and O–H groups in total. The van der Waals surface area contributed by atoms with Gasteiger partial charge in [-0.15, -0.1) is 0 Å². The van der Waals surface area contributed by atoms with Gasteiger partial charge >= 0.3 is 5.97 Å². The summed E-state index contributed by atoms with van der Waals surface area (Å²) in [6.07, 6.45) is -1.46. The Morgan fingerprint density at radius 2 is 1.73 bits per heavy atom. The van der Waals surface area contributed by atoms with Gasteiger partial charge in [0.1, 0.15) is 11.4 Å². The molecule has 0 aliphatic heterocycles. The van der Waals surface area contributed by atoms with E-state index in [1.54, 1.807) is 24.3 Å². The van der Waals surface area contributed by atoms with Crippen LogP contribution in [0.2, 0.25) is 0 Å². The van der Waals surface area contributed by atoms with Gasteiger partial charge in [0.2, 0.25) is 0 Å². The Kier molecular flexibility index (Phi) is 8.04. The second-order valence-electron chi connectivity index (χ2n) is 6.28. The molecule has 0 saturated heterocycles. The van der Waals surface area contributed by atoms with Gasteiger partial charge in [0, 0.05) is 18.1 Å². The maximum Gasteiger partial charge on any atom is 0.307 e. The topological polar surface area (TPSA) is 125 Å². The van der Waals surface area contributed by atoms with E-state index in [1.165, 1.54) is 31.2 Å². The zero-order valence-electron chi connectivity index (χ0n) is 16.6. The summed E-state index contributed by atoms with van der Waals surface area (Å²) in [5, 5.41) is 13.4. The number of nitrogens with one attached hydrogen (secondary N) is 1. The number of carbonyl (C=O) groups excluding carboxylic acids is 3. The molecule has 2 aromatic carbocycles. The van der Waals surface area contributed by atoms with Crippen molar-refractivity contribution in [3.05, 3.63) is 64.2 Å². The summed E-state index contributed by atoms with van der Waals surface area (Å²) in [6, 6.07) is 12.2. The third kappa shape index (κ3) is 6.40. The lowest BCUT2D eigenvalue weighted by Crippen LogP contribution is -2.30. The number of nitro benzene ring substituents is 1. The zero-order valence-corrected chi connectivity index (χ0v) is 16.6. The van der Waals surface area contributed by atoms with Crippen molar-refractivity contribution < 1.29 is 28.8 Å². The number of Topliss-reactive ketones (excluding diaryl/α,β-unsaturated/α-hetero) is 1. The molecule has 0 aliphatic rings. The van der Waals surface area contributed by atoms with E-state index in [9.17, 15) is 24.5 Å². The van der Waals surface area contributed by atoms with E-state index in [0.29, 0.717) is 17.9 Å². The number of carbonyl (C=O) groups is 3. The van der Waals surface area contributed by atoms with Gasteiger partial charge in [-0.1, -0.05) is 12.1 Å². The van der Waals surface area contributed by atoms with Crippen LogP contribution in [0.5, 0.6) is 5.75 Å². The van der Waals surface area contributed by atoms with Crippen molar-refractivity contribution in [3.63, 3.8) is 0 Å². The first-order valence-electron chi connectivity index (χ1n) is 9.31. The van der Waals surface area contributed by atoms with Crippen molar-refractivity contribution in [1.29, 1.82) is 0 Å². The van der Waals surface area contributed by atoms with Gasteiger partial charge in [-0.05, 0) is 44.2 Å². The van der Waals surface area contributed by atoms with E-state index in [-0.39, 0.29) is 30.0 Å². The molecular weight excluding hydrogens is 392 g/mol. The molecule has 0 fully saturated rings. The van der Waals surface area contributed by atoms with Crippen LogP contribution < -0.4 is 10.1 Å². The highest BCUT2D eigenvalue weighted by Crippen LogP contribution is 2.23. The van der Waals surface area contributed by atoms with Gasteiger partial charge in [0.25, 0.3) is 11.6 Å². The number of ether oxygens (including phenoxy) is 2. The standard InChI is InChI=1S/C21H22N2O7/c1-3-29-16-10-8-15(9-11-16)19(24)12-13-20(25)30-14(2)21(26)22-17-6-4-5-7-18(17)23(27)28/h4-11,14H,3,12-13H2,1-2H3,(H,22,26)/t14-/m1/s1.